The van der Waals surface area contributed by atoms with Crippen LogP contribution >= 0.6 is 0 Å². The Kier molecular flexibility index (Phi) is 3.60. The number of ether oxygens (including phenoxy) is 1. The maximum absolute atomic E-state index is 11.6. The van der Waals surface area contributed by atoms with Gasteiger partial charge in [-0.15, -0.1) is 0 Å². The molecule has 0 amide bonds. The monoisotopic (exact) mass is 223 g/mol. The van der Waals surface area contributed by atoms with Gasteiger partial charge in [0.15, 0.2) is 0 Å². The van der Waals surface area contributed by atoms with E-state index in [1.54, 1.807) is 20.8 Å². The van der Waals surface area contributed by atoms with Gasteiger partial charge in [0.25, 0.3) is 5.69 Å². The number of nitrogens with zero attached hydrogens (tertiary/aromatic N) is 1. The summed E-state index contributed by atoms with van der Waals surface area (Å²) in [5.74, 6) is -0.456. The van der Waals surface area contributed by atoms with Gasteiger partial charge in [-0.1, -0.05) is 0 Å². The fourth-order valence-corrected chi connectivity index (χ4v) is 1.27. The number of carbonyl (C=O) groups is 1. The molecule has 16 heavy (non-hydrogen) atoms. The number of esters is 1. The van der Waals surface area contributed by atoms with Gasteiger partial charge in [0, 0.05) is 12.1 Å². The zero-order valence-corrected chi connectivity index (χ0v) is 9.39. The second-order valence-corrected chi connectivity index (χ2v) is 3.71. The van der Waals surface area contributed by atoms with Gasteiger partial charge < -0.3 is 4.74 Å². The molecule has 0 saturated carbocycles. The van der Waals surface area contributed by atoms with Gasteiger partial charge in [0.2, 0.25) is 0 Å². The van der Waals surface area contributed by atoms with Gasteiger partial charge in [0.05, 0.1) is 16.6 Å². The predicted octanol–water partition coefficient (Wildman–Crippen LogP) is 2.47. The molecule has 1 rings (SSSR count). The molecule has 5 heteroatoms. The highest BCUT2D eigenvalue weighted by molar-refractivity contribution is 5.91. The molecule has 0 radical (unpaired) electrons. The summed E-state index contributed by atoms with van der Waals surface area (Å²) in [5.41, 5.74) is 0.873. The lowest BCUT2D eigenvalue weighted by molar-refractivity contribution is -0.384. The number of nitro benzene ring substituents is 1. The Balaban J connectivity index is 2.99. The van der Waals surface area contributed by atoms with Gasteiger partial charge >= 0.3 is 5.97 Å². The molecule has 0 aliphatic carbocycles. The summed E-state index contributed by atoms with van der Waals surface area (Å²) < 4.78 is 5.01. The van der Waals surface area contributed by atoms with Gasteiger partial charge in [0.1, 0.15) is 0 Å². The second-order valence-electron chi connectivity index (χ2n) is 3.71. The van der Waals surface area contributed by atoms with Crippen LogP contribution in [0.2, 0.25) is 0 Å². The molecule has 1 aromatic carbocycles. The maximum Gasteiger partial charge on any atom is 0.338 e. The quantitative estimate of drug-likeness (QED) is 0.448. The smallest absolute Gasteiger partial charge is 0.338 e. The first-order valence-electron chi connectivity index (χ1n) is 4.88. The van der Waals surface area contributed by atoms with E-state index >= 15 is 0 Å². The van der Waals surface area contributed by atoms with Crippen molar-refractivity contribution < 1.29 is 14.5 Å². The third-order valence-corrected chi connectivity index (χ3v) is 1.98. The molecule has 0 fully saturated rings. The van der Waals surface area contributed by atoms with Gasteiger partial charge in [-0.3, -0.25) is 10.1 Å². The Morgan fingerprint density at radius 2 is 2.06 bits per heavy atom. The summed E-state index contributed by atoms with van der Waals surface area (Å²) in [5, 5.41) is 10.5. The SMILES string of the molecule is Cc1cc([N+](=O)[O-])ccc1C(=O)OC(C)C. The van der Waals surface area contributed by atoms with Gasteiger partial charge in [-0.2, -0.15) is 0 Å². The van der Waals surface area contributed by atoms with Crippen molar-refractivity contribution in [2.24, 2.45) is 0 Å². The second kappa shape index (κ2) is 4.74. The van der Waals surface area contributed by atoms with E-state index in [0.29, 0.717) is 11.1 Å². The van der Waals surface area contributed by atoms with Gasteiger partial charge in [-0.05, 0) is 32.4 Å². The van der Waals surface area contributed by atoms with E-state index in [0.717, 1.165) is 0 Å². The van der Waals surface area contributed by atoms with Crippen molar-refractivity contribution in [1.82, 2.24) is 0 Å². The van der Waals surface area contributed by atoms with E-state index in [1.165, 1.54) is 18.2 Å². The van der Waals surface area contributed by atoms with Crippen LogP contribution in [0.15, 0.2) is 18.2 Å². The fourth-order valence-electron chi connectivity index (χ4n) is 1.27. The van der Waals surface area contributed by atoms with E-state index in [2.05, 4.69) is 0 Å². The summed E-state index contributed by atoms with van der Waals surface area (Å²) in [7, 11) is 0. The molecule has 0 bridgehead atoms. The van der Waals surface area contributed by atoms with E-state index in [9.17, 15) is 14.9 Å². The first-order valence-corrected chi connectivity index (χ1v) is 4.88. The number of hydrogen-bond donors (Lipinski definition) is 0. The standard InChI is InChI=1S/C11H13NO4/c1-7(2)16-11(13)10-5-4-9(12(14)15)6-8(10)3/h4-7H,1-3H3. The Morgan fingerprint density at radius 3 is 2.50 bits per heavy atom. The Hall–Kier alpha value is -1.91. The minimum atomic E-state index is -0.495. The van der Waals surface area contributed by atoms with E-state index in [4.69, 9.17) is 4.74 Å². The van der Waals surface area contributed by atoms with Crippen molar-refractivity contribution in [3.05, 3.63) is 39.4 Å². The molecule has 0 aliphatic heterocycles. The molecule has 0 heterocycles. The third-order valence-electron chi connectivity index (χ3n) is 1.98. The van der Waals surface area contributed by atoms with Crippen molar-refractivity contribution in [2.45, 2.75) is 26.9 Å². The molecule has 0 spiro atoms. The van der Waals surface area contributed by atoms with Crippen LogP contribution in [-0.2, 0) is 4.74 Å². The van der Waals surface area contributed by atoms with E-state index in [1.807, 2.05) is 0 Å². The Morgan fingerprint density at radius 1 is 1.44 bits per heavy atom. The first-order chi connectivity index (χ1) is 7.41. The number of non-ortho nitro benzene ring substituents is 1. The highest BCUT2D eigenvalue weighted by Crippen LogP contribution is 2.18. The number of hydrogen-bond acceptors (Lipinski definition) is 4. The zero-order chi connectivity index (χ0) is 12.3. The minimum Gasteiger partial charge on any atom is -0.459 e. The van der Waals surface area contributed by atoms with Crippen LogP contribution < -0.4 is 0 Å². The summed E-state index contributed by atoms with van der Waals surface area (Å²) in [6.45, 7) is 5.14. The summed E-state index contributed by atoms with van der Waals surface area (Å²) in [4.78, 5) is 21.6. The predicted molar refractivity (Wildman–Crippen MR) is 58.4 cm³/mol. The molecule has 0 saturated heterocycles. The minimum absolute atomic E-state index is 0.0291. The Labute approximate surface area is 93.2 Å². The van der Waals surface area contributed by atoms with Crippen LogP contribution in [0.1, 0.15) is 29.8 Å². The van der Waals surface area contributed by atoms with Crippen LogP contribution in [0.3, 0.4) is 0 Å². The molecule has 5 nitrogen and oxygen atoms in total. The molecule has 0 aliphatic rings. The molecule has 1 aromatic rings. The molecular weight excluding hydrogens is 210 g/mol. The van der Waals surface area contributed by atoms with Crippen LogP contribution in [0.5, 0.6) is 0 Å². The highest BCUT2D eigenvalue weighted by atomic mass is 16.6. The number of nitro groups is 1. The lowest BCUT2D eigenvalue weighted by Crippen LogP contribution is -2.12. The Bertz CT molecular complexity index is 426. The molecule has 0 aromatic heterocycles. The fraction of sp³-hybridized carbons (Fsp3) is 0.364. The van der Waals surface area contributed by atoms with Crippen molar-refractivity contribution in [3.63, 3.8) is 0 Å². The highest BCUT2D eigenvalue weighted by Gasteiger charge is 2.15. The zero-order valence-electron chi connectivity index (χ0n) is 9.39. The average molecular weight is 223 g/mol. The van der Waals surface area contributed by atoms with Crippen molar-refractivity contribution in [3.8, 4) is 0 Å². The normalized spacial score (nSPS) is 10.2. The lowest BCUT2D eigenvalue weighted by atomic mass is 10.1. The molecule has 0 unspecified atom stereocenters. The third kappa shape index (κ3) is 2.79. The van der Waals surface area contributed by atoms with Crippen LogP contribution in [-0.4, -0.2) is 17.0 Å². The first kappa shape index (κ1) is 12.2. The molecular formula is C11H13NO4. The number of rotatable bonds is 3. The van der Waals surface area contributed by atoms with Crippen LogP contribution in [0.25, 0.3) is 0 Å². The van der Waals surface area contributed by atoms with Crippen molar-refractivity contribution in [2.75, 3.05) is 0 Å². The van der Waals surface area contributed by atoms with Crippen LogP contribution in [0, 0.1) is 17.0 Å². The summed E-state index contributed by atoms with van der Waals surface area (Å²) in [6, 6.07) is 4.07. The lowest BCUT2D eigenvalue weighted by Gasteiger charge is -2.09. The number of carbonyl (C=O) groups excluding carboxylic acids is 1. The maximum atomic E-state index is 11.6. The molecule has 86 valence electrons. The van der Waals surface area contributed by atoms with Crippen LogP contribution in [0.4, 0.5) is 5.69 Å². The number of benzene rings is 1. The van der Waals surface area contributed by atoms with E-state index < -0.39 is 10.9 Å². The van der Waals surface area contributed by atoms with Crippen molar-refractivity contribution >= 4 is 11.7 Å². The largest absolute Gasteiger partial charge is 0.459 e. The molecule has 0 atom stereocenters. The van der Waals surface area contributed by atoms with E-state index in [-0.39, 0.29) is 11.8 Å². The summed E-state index contributed by atoms with van der Waals surface area (Å²) in [6.07, 6.45) is -0.206. The topological polar surface area (TPSA) is 69.4 Å². The summed E-state index contributed by atoms with van der Waals surface area (Å²) >= 11 is 0. The van der Waals surface area contributed by atoms with Crippen molar-refractivity contribution in [1.29, 1.82) is 0 Å². The van der Waals surface area contributed by atoms with Gasteiger partial charge in [-0.25, -0.2) is 4.79 Å². The number of aryl methyl sites for hydroxylation is 1. The molecule has 0 N–H and O–H groups in total. The average Bonchev–Trinajstić information content (AvgIpc) is 2.15.